The van der Waals surface area contributed by atoms with Crippen molar-refractivity contribution in [1.29, 1.82) is 0 Å². The zero-order valence-corrected chi connectivity index (χ0v) is 13.6. The molecule has 0 saturated heterocycles. The number of hydrogen-bond donors (Lipinski definition) is 0. The lowest BCUT2D eigenvalue weighted by Crippen LogP contribution is -2.22. The third-order valence-electron chi connectivity index (χ3n) is 2.96. The first-order valence-electron chi connectivity index (χ1n) is 6.53. The Morgan fingerprint density at radius 1 is 1.35 bits per heavy atom. The first-order chi connectivity index (χ1) is 10.7. The summed E-state index contributed by atoms with van der Waals surface area (Å²) >= 11 is 0. The Bertz CT molecular complexity index is 829. The average molecular weight is 342 g/mol. The van der Waals surface area contributed by atoms with E-state index in [0.29, 0.717) is 11.5 Å². The molecule has 0 unspecified atom stereocenters. The number of aryl methyl sites for hydroxylation is 1. The monoisotopic (exact) mass is 342 g/mol. The van der Waals surface area contributed by atoms with Crippen molar-refractivity contribution in [2.24, 2.45) is 0 Å². The molecule has 9 heteroatoms. The molecular formula is C14H15FN2O5S. The molecule has 23 heavy (non-hydrogen) atoms. The zero-order chi connectivity index (χ0) is 17.2. The number of carbonyl (C=O) groups excluding carboxylic acids is 1. The largest absolute Gasteiger partial charge is 0.455 e. The molecule has 7 nitrogen and oxygen atoms in total. The molecule has 0 aliphatic heterocycles. The van der Waals surface area contributed by atoms with Crippen LogP contribution in [-0.4, -0.2) is 37.9 Å². The van der Waals surface area contributed by atoms with E-state index in [-0.39, 0.29) is 11.5 Å². The van der Waals surface area contributed by atoms with E-state index in [1.54, 1.807) is 13.0 Å². The number of ether oxygens (including phenoxy) is 1. The first kappa shape index (κ1) is 17.1. The highest BCUT2D eigenvalue weighted by atomic mass is 32.2. The third-order valence-corrected chi connectivity index (χ3v) is 4.78. The number of carbonyl (C=O) groups is 1. The van der Waals surface area contributed by atoms with Gasteiger partial charge in [0, 0.05) is 20.2 Å². The molecule has 0 fully saturated rings. The lowest BCUT2D eigenvalue weighted by molar-refractivity contribution is 0.0458. The maximum Gasteiger partial charge on any atom is 0.341 e. The highest BCUT2D eigenvalue weighted by Crippen LogP contribution is 2.19. The summed E-state index contributed by atoms with van der Waals surface area (Å²) < 4.78 is 48.6. The van der Waals surface area contributed by atoms with E-state index < -0.39 is 27.4 Å². The van der Waals surface area contributed by atoms with Gasteiger partial charge in [0.25, 0.3) is 0 Å². The zero-order valence-electron chi connectivity index (χ0n) is 12.7. The van der Waals surface area contributed by atoms with Gasteiger partial charge in [-0.15, -0.1) is 0 Å². The summed E-state index contributed by atoms with van der Waals surface area (Å²) in [6.07, 6.45) is 0. The molecule has 0 saturated carbocycles. The Hall–Kier alpha value is -2.26. The van der Waals surface area contributed by atoms with Gasteiger partial charge < -0.3 is 9.26 Å². The number of esters is 1. The minimum Gasteiger partial charge on any atom is -0.455 e. The predicted molar refractivity (Wildman–Crippen MR) is 77.6 cm³/mol. The molecule has 0 radical (unpaired) electrons. The molecule has 0 N–H and O–H groups in total. The maximum atomic E-state index is 13.8. The molecule has 0 aliphatic rings. The Kier molecular flexibility index (Phi) is 4.81. The van der Waals surface area contributed by atoms with Crippen LogP contribution in [0.3, 0.4) is 0 Å². The Morgan fingerprint density at radius 3 is 2.61 bits per heavy atom. The van der Waals surface area contributed by atoms with Gasteiger partial charge in [-0.25, -0.2) is 21.9 Å². The molecule has 0 aliphatic carbocycles. The van der Waals surface area contributed by atoms with Crippen molar-refractivity contribution in [2.75, 3.05) is 14.1 Å². The van der Waals surface area contributed by atoms with E-state index in [1.165, 1.54) is 14.1 Å². The fourth-order valence-electron chi connectivity index (χ4n) is 1.74. The van der Waals surface area contributed by atoms with Crippen LogP contribution in [0.2, 0.25) is 0 Å². The minimum absolute atomic E-state index is 0.201. The van der Waals surface area contributed by atoms with E-state index in [2.05, 4.69) is 5.16 Å². The van der Waals surface area contributed by atoms with Crippen molar-refractivity contribution in [2.45, 2.75) is 18.4 Å². The molecule has 0 amide bonds. The van der Waals surface area contributed by atoms with Crippen LogP contribution in [0, 0.1) is 12.7 Å². The molecule has 0 spiro atoms. The van der Waals surface area contributed by atoms with Gasteiger partial charge in [-0.3, -0.25) is 0 Å². The van der Waals surface area contributed by atoms with E-state index in [4.69, 9.17) is 9.26 Å². The van der Waals surface area contributed by atoms with E-state index >= 15 is 0 Å². The van der Waals surface area contributed by atoms with Gasteiger partial charge in [0.2, 0.25) is 10.0 Å². The van der Waals surface area contributed by atoms with E-state index in [1.807, 2.05) is 0 Å². The molecule has 0 bridgehead atoms. The number of halogens is 1. The number of sulfonamides is 1. The van der Waals surface area contributed by atoms with Crippen molar-refractivity contribution in [3.05, 3.63) is 47.1 Å². The average Bonchev–Trinajstić information content (AvgIpc) is 2.90. The van der Waals surface area contributed by atoms with Crippen molar-refractivity contribution < 1.29 is 26.9 Å². The fourth-order valence-corrected chi connectivity index (χ4v) is 2.66. The molecule has 124 valence electrons. The van der Waals surface area contributed by atoms with Crippen LogP contribution in [0.1, 0.15) is 21.8 Å². The fraction of sp³-hybridized carbons (Fsp3) is 0.286. The van der Waals surface area contributed by atoms with Crippen molar-refractivity contribution in [3.63, 3.8) is 0 Å². The predicted octanol–water partition coefficient (Wildman–Crippen LogP) is 1.73. The standard InChI is InChI=1S/C14H15FN2O5S/c1-9-6-10(16-22-9)8-21-14(18)12-7-11(4-5-13(12)15)23(19,20)17(2)3/h4-7H,8H2,1-3H3. The maximum absolute atomic E-state index is 13.8. The summed E-state index contributed by atoms with van der Waals surface area (Å²) in [6, 6.07) is 4.51. The molecular weight excluding hydrogens is 327 g/mol. The summed E-state index contributed by atoms with van der Waals surface area (Å²) in [4.78, 5) is 11.8. The minimum atomic E-state index is -3.78. The number of hydrogen-bond acceptors (Lipinski definition) is 6. The number of rotatable bonds is 5. The summed E-state index contributed by atoms with van der Waals surface area (Å²) in [5, 5.41) is 3.64. The quantitative estimate of drug-likeness (QED) is 0.769. The highest BCUT2D eigenvalue weighted by molar-refractivity contribution is 7.89. The molecule has 1 aromatic carbocycles. The lowest BCUT2D eigenvalue weighted by atomic mass is 10.2. The van der Waals surface area contributed by atoms with Gasteiger partial charge >= 0.3 is 5.97 Å². The van der Waals surface area contributed by atoms with Crippen LogP contribution in [0.5, 0.6) is 0 Å². The van der Waals surface area contributed by atoms with Crippen LogP contribution < -0.4 is 0 Å². The van der Waals surface area contributed by atoms with Gasteiger partial charge in [0.05, 0.1) is 10.5 Å². The molecule has 0 atom stereocenters. The van der Waals surface area contributed by atoms with Crippen LogP contribution in [0.15, 0.2) is 33.7 Å². The number of aromatic nitrogens is 1. The second kappa shape index (κ2) is 6.47. The van der Waals surface area contributed by atoms with Gasteiger partial charge in [0.15, 0.2) is 0 Å². The molecule has 2 aromatic rings. The smallest absolute Gasteiger partial charge is 0.341 e. The SMILES string of the molecule is Cc1cc(COC(=O)c2cc(S(=O)(=O)N(C)C)ccc2F)no1. The first-order valence-corrected chi connectivity index (χ1v) is 7.97. The normalized spacial score (nSPS) is 11.7. The Morgan fingerprint density at radius 2 is 2.04 bits per heavy atom. The number of benzene rings is 1. The summed E-state index contributed by atoms with van der Waals surface area (Å²) in [7, 11) is -1.11. The summed E-state index contributed by atoms with van der Waals surface area (Å²) in [6.45, 7) is 1.47. The van der Waals surface area contributed by atoms with Crippen LogP contribution in [-0.2, 0) is 21.4 Å². The topological polar surface area (TPSA) is 89.7 Å². The second-order valence-electron chi connectivity index (χ2n) is 4.93. The lowest BCUT2D eigenvalue weighted by Gasteiger charge is -2.12. The second-order valence-corrected chi connectivity index (χ2v) is 7.09. The van der Waals surface area contributed by atoms with Gasteiger partial charge in [-0.2, -0.15) is 0 Å². The molecule has 1 aromatic heterocycles. The van der Waals surface area contributed by atoms with E-state index in [9.17, 15) is 17.6 Å². The van der Waals surface area contributed by atoms with Gasteiger partial charge in [-0.05, 0) is 25.1 Å². The van der Waals surface area contributed by atoms with Gasteiger partial charge in [-0.1, -0.05) is 5.16 Å². The van der Waals surface area contributed by atoms with Crippen molar-refractivity contribution in [1.82, 2.24) is 9.46 Å². The van der Waals surface area contributed by atoms with Gasteiger partial charge in [0.1, 0.15) is 23.9 Å². The van der Waals surface area contributed by atoms with Crippen LogP contribution >= 0.6 is 0 Å². The van der Waals surface area contributed by atoms with Crippen LogP contribution in [0.25, 0.3) is 0 Å². The van der Waals surface area contributed by atoms with Crippen molar-refractivity contribution >= 4 is 16.0 Å². The molecule has 1 heterocycles. The summed E-state index contributed by atoms with van der Waals surface area (Å²) in [5.74, 6) is -1.32. The Labute approximate surface area is 132 Å². The third kappa shape index (κ3) is 3.74. The Balaban J connectivity index is 2.23. The van der Waals surface area contributed by atoms with Crippen LogP contribution in [0.4, 0.5) is 4.39 Å². The van der Waals surface area contributed by atoms with Crippen molar-refractivity contribution in [3.8, 4) is 0 Å². The highest BCUT2D eigenvalue weighted by Gasteiger charge is 2.22. The number of nitrogens with zero attached hydrogens (tertiary/aromatic N) is 2. The molecule has 2 rings (SSSR count). The summed E-state index contributed by atoms with van der Waals surface area (Å²) in [5.41, 5.74) is -0.0959. The van der Waals surface area contributed by atoms with E-state index in [0.717, 1.165) is 22.5 Å².